The zero-order chi connectivity index (χ0) is 19.9. The molecule has 3 aromatic rings. The lowest BCUT2D eigenvalue weighted by Crippen LogP contribution is -2.37. The van der Waals surface area contributed by atoms with Crippen LogP contribution in [0.3, 0.4) is 0 Å². The van der Waals surface area contributed by atoms with Gasteiger partial charge in [0.25, 0.3) is 5.56 Å². The smallest absolute Gasteiger partial charge is 0.316 e. The summed E-state index contributed by atoms with van der Waals surface area (Å²) in [5.41, 5.74) is 3.20. The molecule has 0 bridgehead atoms. The second-order valence-corrected chi connectivity index (χ2v) is 8.09. The Balaban J connectivity index is 1.88. The van der Waals surface area contributed by atoms with Gasteiger partial charge in [0.2, 0.25) is 5.78 Å². The maximum absolute atomic E-state index is 13.5. The van der Waals surface area contributed by atoms with Crippen LogP contribution in [0.5, 0.6) is 0 Å². The number of hydrogen-bond acceptors (Lipinski definition) is 6. The van der Waals surface area contributed by atoms with Crippen molar-refractivity contribution in [2.75, 3.05) is 12.4 Å². The molecular formula is C20H22N4O3S. The number of benzene rings is 1. The molecule has 0 saturated carbocycles. The van der Waals surface area contributed by atoms with E-state index in [9.17, 15) is 9.59 Å². The molecule has 1 aromatic carbocycles. The van der Waals surface area contributed by atoms with Gasteiger partial charge in [-0.1, -0.05) is 49.9 Å². The lowest BCUT2D eigenvalue weighted by molar-refractivity contribution is -0.139. The second-order valence-electron chi connectivity index (χ2n) is 7.15. The third-order valence-corrected chi connectivity index (χ3v) is 6.30. The Morgan fingerprint density at radius 3 is 2.89 bits per heavy atom. The molecule has 0 radical (unpaired) electrons. The van der Waals surface area contributed by atoms with E-state index in [0.29, 0.717) is 23.1 Å². The first-order valence-corrected chi connectivity index (χ1v) is 10.4. The zero-order valence-electron chi connectivity index (χ0n) is 16.1. The number of ether oxygens (including phenoxy) is 1. The van der Waals surface area contributed by atoms with Crippen molar-refractivity contribution >= 4 is 23.5 Å². The van der Waals surface area contributed by atoms with Gasteiger partial charge in [0.05, 0.1) is 23.6 Å². The van der Waals surface area contributed by atoms with E-state index in [0.717, 1.165) is 24.1 Å². The normalized spacial score (nSPS) is 18.0. The number of fused-ring (bicyclic) bond motifs is 4. The molecule has 1 aliphatic carbocycles. The van der Waals surface area contributed by atoms with E-state index >= 15 is 0 Å². The monoisotopic (exact) mass is 398 g/mol. The highest BCUT2D eigenvalue weighted by molar-refractivity contribution is 7.99. The number of esters is 1. The summed E-state index contributed by atoms with van der Waals surface area (Å²) in [4.78, 5) is 30.0. The molecular weight excluding hydrogens is 376 g/mol. The van der Waals surface area contributed by atoms with Crippen molar-refractivity contribution in [1.82, 2.24) is 19.6 Å². The van der Waals surface area contributed by atoms with Crippen LogP contribution >= 0.6 is 11.8 Å². The fourth-order valence-electron chi connectivity index (χ4n) is 3.80. The highest BCUT2D eigenvalue weighted by atomic mass is 32.2. The first kappa shape index (κ1) is 18.7. The summed E-state index contributed by atoms with van der Waals surface area (Å²) < 4.78 is 6.44. The van der Waals surface area contributed by atoms with E-state index < -0.39 is 0 Å². The molecule has 8 heteroatoms. The van der Waals surface area contributed by atoms with Crippen molar-refractivity contribution in [2.45, 2.75) is 44.2 Å². The fraction of sp³-hybridized carbons (Fsp3) is 0.400. The molecule has 0 saturated heterocycles. The molecule has 146 valence electrons. The topological polar surface area (TPSA) is 89.3 Å². The van der Waals surface area contributed by atoms with Gasteiger partial charge in [-0.2, -0.15) is 0 Å². The number of H-pyrrole nitrogens is 1. The molecule has 0 unspecified atom stereocenters. The lowest BCUT2D eigenvalue weighted by Gasteiger charge is -2.34. The molecule has 4 rings (SSSR count). The minimum Gasteiger partial charge on any atom is -0.465 e. The first-order valence-electron chi connectivity index (χ1n) is 9.36. The van der Waals surface area contributed by atoms with Crippen molar-refractivity contribution in [3.63, 3.8) is 0 Å². The largest absolute Gasteiger partial charge is 0.465 e. The molecule has 1 atom stereocenters. The third-order valence-electron chi connectivity index (χ3n) is 5.39. The number of aromatic amines is 1. The lowest BCUT2D eigenvalue weighted by atomic mass is 9.69. The van der Waals surface area contributed by atoms with Crippen molar-refractivity contribution < 1.29 is 9.53 Å². The zero-order valence-corrected chi connectivity index (χ0v) is 16.9. The highest BCUT2D eigenvalue weighted by Crippen LogP contribution is 2.42. The minimum atomic E-state index is -0.338. The highest BCUT2D eigenvalue weighted by Gasteiger charge is 2.38. The van der Waals surface area contributed by atoms with Crippen molar-refractivity contribution in [3.8, 4) is 11.3 Å². The van der Waals surface area contributed by atoms with Gasteiger partial charge < -0.3 is 4.74 Å². The van der Waals surface area contributed by atoms with Crippen LogP contribution in [0, 0.1) is 0 Å². The van der Waals surface area contributed by atoms with E-state index in [1.54, 1.807) is 6.92 Å². The first-order chi connectivity index (χ1) is 13.5. The quantitative estimate of drug-likeness (QED) is 0.525. The van der Waals surface area contributed by atoms with Gasteiger partial charge in [0.15, 0.2) is 5.16 Å². The summed E-state index contributed by atoms with van der Waals surface area (Å²) in [7, 11) is 0. The van der Waals surface area contributed by atoms with Crippen LogP contribution in [0.1, 0.15) is 38.3 Å². The van der Waals surface area contributed by atoms with E-state index in [-0.39, 0.29) is 22.7 Å². The maximum atomic E-state index is 13.5. The summed E-state index contributed by atoms with van der Waals surface area (Å²) in [6, 6.07) is 8.10. The summed E-state index contributed by atoms with van der Waals surface area (Å²) in [5.74, 6) is 0.130. The van der Waals surface area contributed by atoms with Crippen LogP contribution in [0.2, 0.25) is 0 Å². The standard InChI is InChI=1S/C20H22N4O3S/c1-4-20(3)10-12-8-6-7-9-13(12)16-15(20)17(26)24-18(21-16)22-23-19(24)28-11-14(25)27-5-2/h6-9H,4-5,10-11H2,1-3H3,(H,21,22)/t20-/m1/s1. The van der Waals surface area contributed by atoms with Gasteiger partial charge in [0, 0.05) is 11.0 Å². The van der Waals surface area contributed by atoms with Crippen LogP contribution < -0.4 is 5.56 Å². The van der Waals surface area contributed by atoms with Gasteiger partial charge in [-0.25, -0.2) is 14.5 Å². The Morgan fingerprint density at radius 1 is 1.36 bits per heavy atom. The molecule has 2 aromatic heterocycles. The third kappa shape index (κ3) is 2.92. The summed E-state index contributed by atoms with van der Waals surface area (Å²) in [6.45, 7) is 6.29. The van der Waals surface area contributed by atoms with Crippen molar-refractivity contribution in [2.24, 2.45) is 0 Å². The number of nitrogens with zero attached hydrogens (tertiary/aromatic N) is 3. The van der Waals surface area contributed by atoms with Gasteiger partial charge in [-0.15, -0.1) is 5.10 Å². The fourth-order valence-corrected chi connectivity index (χ4v) is 4.54. The second kappa shape index (κ2) is 7.09. The average Bonchev–Trinajstić information content (AvgIpc) is 3.10. The Hall–Kier alpha value is -2.61. The number of carbonyl (C=O) groups is 1. The van der Waals surface area contributed by atoms with E-state index in [4.69, 9.17) is 9.72 Å². The molecule has 1 N–H and O–H groups in total. The molecule has 28 heavy (non-hydrogen) atoms. The Kier molecular flexibility index (Phi) is 4.74. The average molecular weight is 398 g/mol. The minimum absolute atomic E-state index is 0.0885. The van der Waals surface area contributed by atoms with Gasteiger partial charge in [-0.3, -0.25) is 9.59 Å². The SMILES string of the molecule is CCOC(=O)CSc1n[nH]c2nc3c(c(=O)n12)[C@](C)(CC)Cc1ccccc1-3. The van der Waals surface area contributed by atoms with Crippen LogP contribution in [0.4, 0.5) is 0 Å². The van der Waals surface area contributed by atoms with E-state index in [2.05, 4.69) is 30.1 Å². The van der Waals surface area contributed by atoms with Crippen LogP contribution in [0.25, 0.3) is 17.0 Å². The van der Waals surface area contributed by atoms with Crippen molar-refractivity contribution in [3.05, 3.63) is 45.7 Å². The number of thioether (sulfide) groups is 1. The summed E-state index contributed by atoms with van der Waals surface area (Å²) in [6.07, 6.45) is 1.61. The van der Waals surface area contributed by atoms with Crippen LogP contribution in [-0.4, -0.2) is 37.9 Å². The molecule has 1 aliphatic rings. The van der Waals surface area contributed by atoms with E-state index in [1.165, 1.54) is 21.7 Å². The molecule has 2 heterocycles. The number of hydrogen-bond donors (Lipinski definition) is 1. The predicted molar refractivity (Wildman–Crippen MR) is 108 cm³/mol. The summed E-state index contributed by atoms with van der Waals surface area (Å²) in [5, 5.41) is 7.48. The van der Waals surface area contributed by atoms with Crippen molar-refractivity contribution in [1.29, 1.82) is 0 Å². The van der Waals surface area contributed by atoms with Gasteiger partial charge in [0.1, 0.15) is 0 Å². The molecule has 0 fully saturated rings. The van der Waals surface area contributed by atoms with Gasteiger partial charge >= 0.3 is 5.97 Å². The summed E-state index contributed by atoms with van der Waals surface area (Å²) >= 11 is 1.17. The molecule has 7 nitrogen and oxygen atoms in total. The van der Waals surface area contributed by atoms with Crippen LogP contribution in [0.15, 0.2) is 34.2 Å². The van der Waals surface area contributed by atoms with Gasteiger partial charge in [-0.05, 0) is 25.3 Å². The number of aromatic nitrogens is 4. The Bertz CT molecular complexity index is 1120. The Labute approximate surface area is 166 Å². The number of carbonyl (C=O) groups excluding carboxylic acids is 1. The molecule has 0 aliphatic heterocycles. The Morgan fingerprint density at radius 2 is 2.14 bits per heavy atom. The molecule has 0 amide bonds. The predicted octanol–water partition coefficient (Wildman–Crippen LogP) is 2.96. The maximum Gasteiger partial charge on any atom is 0.316 e. The number of rotatable bonds is 5. The number of nitrogens with one attached hydrogen (secondary N) is 1. The van der Waals surface area contributed by atoms with E-state index in [1.807, 2.05) is 18.2 Å². The molecule has 0 spiro atoms. The van der Waals surface area contributed by atoms with Crippen LogP contribution in [-0.2, 0) is 21.4 Å².